The molecule has 2 aromatic rings. The summed E-state index contributed by atoms with van der Waals surface area (Å²) in [6, 6.07) is 3.00. The first-order chi connectivity index (χ1) is 16.1. The van der Waals surface area contributed by atoms with Crippen molar-refractivity contribution >= 4 is 17.5 Å². The third-order valence-corrected chi connectivity index (χ3v) is 7.20. The van der Waals surface area contributed by atoms with E-state index in [1.165, 1.54) is 17.4 Å². The molecule has 34 heavy (non-hydrogen) atoms. The van der Waals surface area contributed by atoms with Gasteiger partial charge in [-0.1, -0.05) is 25.7 Å². The van der Waals surface area contributed by atoms with Gasteiger partial charge in [0.05, 0.1) is 36.7 Å². The first-order valence-electron chi connectivity index (χ1n) is 11.7. The van der Waals surface area contributed by atoms with Crippen LogP contribution >= 0.6 is 0 Å². The number of carbonyl (C=O) groups is 2. The normalized spacial score (nSPS) is 25.6. The summed E-state index contributed by atoms with van der Waals surface area (Å²) in [6.45, 7) is -0.572. The van der Waals surface area contributed by atoms with E-state index in [-0.39, 0.29) is 18.2 Å². The highest BCUT2D eigenvalue weighted by atomic mass is 19.4. The molecular formula is C23H30F3N5O3. The molecule has 1 saturated heterocycles. The molecule has 1 aliphatic heterocycles. The number of nitrogens with two attached hydrogens (primary N) is 1. The Morgan fingerprint density at radius 2 is 2.00 bits per heavy atom. The molecule has 3 atom stereocenters. The Kier molecular flexibility index (Phi) is 6.84. The summed E-state index contributed by atoms with van der Waals surface area (Å²) in [7, 11) is 1.06. The molecule has 11 heteroatoms. The van der Waals surface area contributed by atoms with Crippen molar-refractivity contribution in [1.82, 2.24) is 19.9 Å². The minimum Gasteiger partial charge on any atom is -0.468 e. The number of hydrogen-bond acceptors (Lipinski definition) is 6. The topological polar surface area (TPSA) is 112 Å². The van der Waals surface area contributed by atoms with E-state index in [0.29, 0.717) is 17.3 Å². The van der Waals surface area contributed by atoms with Crippen LogP contribution in [0.4, 0.5) is 13.2 Å². The molecule has 0 spiro atoms. The molecule has 2 aliphatic rings. The molecule has 3 N–H and O–H groups in total. The van der Waals surface area contributed by atoms with Gasteiger partial charge in [0.15, 0.2) is 11.1 Å². The van der Waals surface area contributed by atoms with Crippen LogP contribution in [0.3, 0.4) is 0 Å². The lowest BCUT2D eigenvalue weighted by Crippen LogP contribution is -2.57. The maximum Gasteiger partial charge on any atom is 0.393 e. The molecule has 2 fully saturated rings. The van der Waals surface area contributed by atoms with Gasteiger partial charge >= 0.3 is 12.1 Å². The predicted octanol–water partition coefficient (Wildman–Crippen LogP) is 3.10. The number of nitrogens with zero attached hydrogens (tertiary/aromatic N) is 3. The molecule has 4 rings (SSSR count). The van der Waals surface area contributed by atoms with Gasteiger partial charge in [0.25, 0.3) is 0 Å². The molecule has 186 valence electrons. The van der Waals surface area contributed by atoms with Crippen LogP contribution in [-0.2, 0) is 20.7 Å². The second-order valence-electron chi connectivity index (χ2n) is 9.47. The number of aromatic nitrogens is 3. The Morgan fingerprint density at radius 3 is 2.65 bits per heavy atom. The van der Waals surface area contributed by atoms with Crippen LogP contribution in [0.2, 0.25) is 0 Å². The maximum absolute atomic E-state index is 13.4. The zero-order valence-electron chi connectivity index (χ0n) is 19.1. The summed E-state index contributed by atoms with van der Waals surface area (Å²) in [6.07, 6.45) is 2.95. The number of amides is 1. The number of piperidine rings is 1. The highest BCUT2D eigenvalue weighted by Crippen LogP contribution is 2.41. The van der Waals surface area contributed by atoms with Gasteiger partial charge in [-0.15, -0.1) is 0 Å². The second-order valence-corrected chi connectivity index (χ2v) is 9.47. The number of carbonyl (C=O) groups excluding carboxylic acids is 2. The SMILES string of the molecule is COC(=O)[C@]1(Cc2ccc3nc([C@@H](N)C4CCCCCC4)cn3n2)C[C@H](C(F)(F)F)CNC1=O. The number of imidazole rings is 1. The van der Waals surface area contributed by atoms with Crippen molar-refractivity contribution in [3.63, 3.8) is 0 Å². The lowest BCUT2D eigenvalue weighted by atomic mass is 9.72. The van der Waals surface area contributed by atoms with Crippen molar-refractivity contribution in [2.75, 3.05) is 13.7 Å². The largest absolute Gasteiger partial charge is 0.468 e. The number of hydrogen-bond donors (Lipinski definition) is 2. The van der Waals surface area contributed by atoms with E-state index in [4.69, 9.17) is 10.5 Å². The van der Waals surface area contributed by atoms with Gasteiger partial charge in [-0.3, -0.25) is 9.59 Å². The lowest BCUT2D eigenvalue weighted by molar-refractivity contribution is -0.195. The van der Waals surface area contributed by atoms with Gasteiger partial charge in [-0.2, -0.15) is 18.3 Å². The van der Waals surface area contributed by atoms with Gasteiger partial charge in [0, 0.05) is 13.0 Å². The number of esters is 1. The van der Waals surface area contributed by atoms with E-state index in [0.717, 1.165) is 32.8 Å². The summed E-state index contributed by atoms with van der Waals surface area (Å²) >= 11 is 0. The second kappa shape index (κ2) is 9.52. The smallest absolute Gasteiger partial charge is 0.393 e. The van der Waals surface area contributed by atoms with Gasteiger partial charge < -0.3 is 15.8 Å². The Hall–Kier alpha value is -2.69. The van der Waals surface area contributed by atoms with Crippen LogP contribution in [0.15, 0.2) is 18.3 Å². The number of rotatable bonds is 5. The summed E-state index contributed by atoms with van der Waals surface area (Å²) < 4.78 is 46.6. The molecule has 0 bridgehead atoms. The minimum absolute atomic E-state index is 0.235. The van der Waals surface area contributed by atoms with Crippen molar-refractivity contribution in [1.29, 1.82) is 0 Å². The summed E-state index contributed by atoms with van der Waals surface area (Å²) in [4.78, 5) is 29.9. The first-order valence-corrected chi connectivity index (χ1v) is 11.7. The predicted molar refractivity (Wildman–Crippen MR) is 116 cm³/mol. The van der Waals surface area contributed by atoms with E-state index >= 15 is 0 Å². The fourth-order valence-electron chi connectivity index (χ4n) is 5.21. The average Bonchev–Trinajstić information content (AvgIpc) is 3.03. The number of fused-ring (bicyclic) bond motifs is 1. The Balaban J connectivity index is 1.61. The highest BCUT2D eigenvalue weighted by Gasteiger charge is 2.56. The fourth-order valence-corrected chi connectivity index (χ4v) is 5.21. The van der Waals surface area contributed by atoms with Crippen molar-refractivity contribution in [3.05, 3.63) is 29.7 Å². The third-order valence-electron chi connectivity index (χ3n) is 7.20. The van der Waals surface area contributed by atoms with Gasteiger partial charge in [-0.25, -0.2) is 9.50 Å². The van der Waals surface area contributed by atoms with Gasteiger partial charge in [0.1, 0.15) is 0 Å². The standard InChI is InChI=1S/C23H30F3N5O3/c1-34-21(33)22(10-15(23(24,25)26)12-28-20(22)32)11-16-8-9-18-29-17(13-31(18)30-16)19(27)14-6-4-2-3-5-7-14/h8-9,13-15,19H,2-7,10-12,27H2,1H3,(H,28,32)/t15-,19-,22-/m0/s1. The Bertz CT molecular complexity index is 1040. The zero-order chi connectivity index (χ0) is 24.5. The molecule has 3 heterocycles. The monoisotopic (exact) mass is 481 g/mol. The average molecular weight is 482 g/mol. The Morgan fingerprint density at radius 1 is 1.29 bits per heavy atom. The highest BCUT2D eigenvalue weighted by molar-refractivity contribution is 6.03. The van der Waals surface area contributed by atoms with Crippen LogP contribution in [0.1, 0.15) is 62.4 Å². The van der Waals surface area contributed by atoms with Crippen molar-refractivity contribution < 1.29 is 27.5 Å². The van der Waals surface area contributed by atoms with E-state index in [1.807, 2.05) is 0 Å². The minimum atomic E-state index is -4.56. The van der Waals surface area contributed by atoms with Gasteiger partial charge in [-0.05, 0) is 37.3 Å². The van der Waals surface area contributed by atoms with Crippen LogP contribution in [0, 0.1) is 17.3 Å². The molecule has 2 aromatic heterocycles. The van der Waals surface area contributed by atoms with Crippen LogP contribution in [0.25, 0.3) is 5.65 Å². The van der Waals surface area contributed by atoms with Crippen molar-refractivity contribution in [2.45, 2.75) is 63.6 Å². The molecule has 0 radical (unpaired) electrons. The summed E-state index contributed by atoms with van der Waals surface area (Å²) in [5.74, 6) is -3.32. The third kappa shape index (κ3) is 4.75. The molecular weight excluding hydrogens is 451 g/mol. The number of halogens is 3. The van der Waals surface area contributed by atoms with E-state index in [9.17, 15) is 22.8 Å². The van der Waals surface area contributed by atoms with E-state index in [1.54, 1.807) is 18.3 Å². The van der Waals surface area contributed by atoms with E-state index in [2.05, 4.69) is 15.4 Å². The van der Waals surface area contributed by atoms with Crippen LogP contribution in [0.5, 0.6) is 0 Å². The quantitative estimate of drug-likeness (QED) is 0.386. The molecule has 8 nitrogen and oxygen atoms in total. The Labute approximate surface area is 195 Å². The zero-order valence-corrected chi connectivity index (χ0v) is 19.1. The van der Waals surface area contributed by atoms with E-state index < -0.39 is 42.4 Å². The molecule has 0 aromatic carbocycles. The number of methoxy groups -OCH3 is 1. The summed E-state index contributed by atoms with van der Waals surface area (Å²) in [5.41, 5.74) is 6.02. The van der Waals surface area contributed by atoms with Gasteiger partial charge in [0.2, 0.25) is 5.91 Å². The lowest BCUT2D eigenvalue weighted by Gasteiger charge is -2.38. The number of ether oxygens (including phenoxy) is 1. The van der Waals surface area contributed by atoms with Crippen molar-refractivity contribution in [2.24, 2.45) is 23.0 Å². The molecule has 1 aliphatic carbocycles. The molecule has 1 saturated carbocycles. The summed E-state index contributed by atoms with van der Waals surface area (Å²) in [5, 5.41) is 6.69. The van der Waals surface area contributed by atoms with Crippen LogP contribution in [-0.4, -0.2) is 46.3 Å². The fraction of sp³-hybridized carbons (Fsp3) is 0.652. The first kappa shape index (κ1) is 24.4. The number of alkyl halides is 3. The van der Waals surface area contributed by atoms with Crippen molar-refractivity contribution in [3.8, 4) is 0 Å². The van der Waals surface area contributed by atoms with Crippen LogP contribution < -0.4 is 11.1 Å². The molecule has 1 amide bonds. The molecule has 0 unspecified atom stereocenters. The number of nitrogens with one attached hydrogen (secondary N) is 1. The maximum atomic E-state index is 13.4.